The summed E-state index contributed by atoms with van der Waals surface area (Å²) in [6.07, 6.45) is 3.15. The van der Waals surface area contributed by atoms with E-state index in [4.69, 9.17) is 20.4 Å². The number of hydrogen-bond donors (Lipinski definition) is 3. The van der Waals surface area contributed by atoms with Crippen LogP contribution in [0.1, 0.15) is 34.5 Å². The first-order valence-corrected chi connectivity index (χ1v) is 9.53. The summed E-state index contributed by atoms with van der Waals surface area (Å²) in [5.74, 6) is 1.79. The van der Waals surface area contributed by atoms with Gasteiger partial charge in [0.1, 0.15) is 5.82 Å². The van der Waals surface area contributed by atoms with Gasteiger partial charge in [0.2, 0.25) is 5.91 Å². The average molecular weight is 367 g/mol. The van der Waals surface area contributed by atoms with Crippen molar-refractivity contribution in [3.63, 3.8) is 0 Å². The van der Waals surface area contributed by atoms with Crippen LogP contribution in [0.25, 0.3) is 11.4 Å². The van der Waals surface area contributed by atoms with Gasteiger partial charge in [-0.05, 0) is 43.9 Å². The summed E-state index contributed by atoms with van der Waals surface area (Å²) < 4.78 is 5.46. The number of rotatable bonds is 6. The summed E-state index contributed by atoms with van der Waals surface area (Å²) in [5.41, 5.74) is 8.93. The molecule has 0 spiro atoms. The molecule has 4 rings (SSSR count). The molecule has 0 aliphatic carbocycles. The van der Waals surface area contributed by atoms with E-state index < -0.39 is 5.91 Å². The molecule has 1 atom stereocenters. The fraction of sp³-hybridized carbons (Fsp3) is 0.450. The molecule has 1 amide bonds. The van der Waals surface area contributed by atoms with Crippen LogP contribution in [0.15, 0.2) is 24.3 Å². The van der Waals surface area contributed by atoms with E-state index in [0.29, 0.717) is 17.3 Å². The molecule has 2 aliphatic rings. The predicted molar refractivity (Wildman–Crippen MR) is 103 cm³/mol. The van der Waals surface area contributed by atoms with Crippen LogP contribution in [0.3, 0.4) is 0 Å². The van der Waals surface area contributed by atoms with Gasteiger partial charge in [-0.25, -0.2) is 9.97 Å². The van der Waals surface area contributed by atoms with E-state index in [9.17, 15) is 4.79 Å². The van der Waals surface area contributed by atoms with E-state index >= 15 is 0 Å². The SMILES string of the molecule is NC(=O)c1ccc(-c2nc3c(c(NCC[C@@H]4CCOC4)n2)CCNC3)cc1. The summed E-state index contributed by atoms with van der Waals surface area (Å²) >= 11 is 0. The molecule has 27 heavy (non-hydrogen) atoms. The zero-order valence-corrected chi connectivity index (χ0v) is 15.3. The molecule has 0 saturated carbocycles. The Morgan fingerprint density at radius 2 is 2.15 bits per heavy atom. The maximum atomic E-state index is 11.3. The number of nitrogens with one attached hydrogen (secondary N) is 2. The number of amides is 1. The standard InChI is InChI=1S/C20H25N5O2/c21-18(26)14-1-3-15(4-2-14)19-24-17-11-22-8-6-16(17)20(25-19)23-9-5-13-7-10-27-12-13/h1-4,13,22H,5-12H2,(H2,21,26)(H,23,24,25)/t13-/m1/s1. The lowest BCUT2D eigenvalue weighted by molar-refractivity contribution is 0.100. The maximum Gasteiger partial charge on any atom is 0.248 e. The van der Waals surface area contributed by atoms with Crippen LogP contribution < -0.4 is 16.4 Å². The second-order valence-corrected chi connectivity index (χ2v) is 7.13. The van der Waals surface area contributed by atoms with E-state index in [1.807, 2.05) is 12.1 Å². The Morgan fingerprint density at radius 3 is 2.89 bits per heavy atom. The largest absolute Gasteiger partial charge is 0.381 e. The molecule has 4 N–H and O–H groups in total. The number of ether oxygens (including phenoxy) is 1. The van der Waals surface area contributed by atoms with Crippen LogP contribution in [-0.2, 0) is 17.7 Å². The number of fused-ring (bicyclic) bond motifs is 1. The van der Waals surface area contributed by atoms with Crippen LogP contribution in [0, 0.1) is 5.92 Å². The lowest BCUT2D eigenvalue weighted by atomic mass is 10.0. The lowest BCUT2D eigenvalue weighted by Crippen LogP contribution is -2.27. The second-order valence-electron chi connectivity index (χ2n) is 7.13. The van der Waals surface area contributed by atoms with Crippen molar-refractivity contribution in [2.45, 2.75) is 25.8 Å². The first-order chi connectivity index (χ1) is 13.2. The van der Waals surface area contributed by atoms with Gasteiger partial charge in [0.15, 0.2) is 5.82 Å². The van der Waals surface area contributed by atoms with Crippen molar-refractivity contribution in [1.29, 1.82) is 0 Å². The van der Waals surface area contributed by atoms with Gasteiger partial charge in [-0.3, -0.25) is 4.79 Å². The summed E-state index contributed by atoms with van der Waals surface area (Å²) in [6, 6.07) is 7.12. The maximum absolute atomic E-state index is 11.3. The van der Waals surface area contributed by atoms with Crippen molar-refractivity contribution < 1.29 is 9.53 Å². The van der Waals surface area contributed by atoms with Crippen LogP contribution in [-0.4, -0.2) is 42.2 Å². The smallest absolute Gasteiger partial charge is 0.248 e. The molecule has 1 fully saturated rings. The summed E-state index contributed by atoms with van der Waals surface area (Å²) in [7, 11) is 0. The third kappa shape index (κ3) is 4.09. The van der Waals surface area contributed by atoms with Gasteiger partial charge in [-0.2, -0.15) is 0 Å². The van der Waals surface area contributed by atoms with Crippen molar-refractivity contribution in [2.75, 3.05) is 31.6 Å². The van der Waals surface area contributed by atoms with Gasteiger partial charge in [0.05, 0.1) is 5.69 Å². The topological polar surface area (TPSA) is 102 Å². The Labute approximate surface area is 158 Å². The monoisotopic (exact) mass is 367 g/mol. The number of hydrogen-bond acceptors (Lipinski definition) is 6. The second kappa shape index (κ2) is 8.02. The highest BCUT2D eigenvalue weighted by atomic mass is 16.5. The molecule has 2 aliphatic heterocycles. The molecule has 7 nitrogen and oxygen atoms in total. The number of nitrogens with two attached hydrogens (primary N) is 1. The average Bonchev–Trinajstić information content (AvgIpc) is 3.21. The molecule has 1 aromatic heterocycles. The van der Waals surface area contributed by atoms with E-state index in [2.05, 4.69) is 10.6 Å². The molecule has 0 radical (unpaired) electrons. The minimum atomic E-state index is -0.435. The van der Waals surface area contributed by atoms with Crippen LogP contribution in [0.5, 0.6) is 0 Å². The molecule has 1 saturated heterocycles. The van der Waals surface area contributed by atoms with E-state index in [0.717, 1.165) is 69.2 Å². The Balaban J connectivity index is 1.57. The number of primary amides is 1. The molecule has 3 heterocycles. The lowest BCUT2D eigenvalue weighted by Gasteiger charge is -2.21. The van der Waals surface area contributed by atoms with E-state index in [1.165, 1.54) is 5.56 Å². The summed E-state index contributed by atoms with van der Waals surface area (Å²) in [5, 5.41) is 6.91. The number of benzene rings is 1. The highest BCUT2D eigenvalue weighted by Crippen LogP contribution is 2.26. The zero-order valence-electron chi connectivity index (χ0n) is 15.3. The normalized spacial score (nSPS) is 18.9. The third-order valence-electron chi connectivity index (χ3n) is 5.23. The summed E-state index contributed by atoms with van der Waals surface area (Å²) in [6.45, 7) is 4.31. The zero-order chi connectivity index (χ0) is 18.6. The minimum absolute atomic E-state index is 0.435. The van der Waals surface area contributed by atoms with Gasteiger partial charge in [-0.1, -0.05) is 12.1 Å². The molecule has 2 aromatic rings. The number of carbonyl (C=O) groups is 1. The van der Waals surface area contributed by atoms with Crippen LogP contribution in [0.4, 0.5) is 5.82 Å². The third-order valence-corrected chi connectivity index (χ3v) is 5.23. The van der Waals surface area contributed by atoms with Gasteiger partial charge in [0.25, 0.3) is 0 Å². The number of anilines is 1. The Hall–Kier alpha value is -2.51. The quantitative estimate of drug-likeness (QED) is 0.719. The van der Waals surface area contributed by atoms with Crippen molar-refractivity contribution in [3.8, 4) is 11.4 Å². The fourth-order valence-corrected chi connectivity index (χ4v) is 3.62. The Bertz CT molecular complexity index is 816. The highest BCUT2D eigenvalue weighted by molar-refractivity contribution is 5.93. The van der Waals surface area contributed by atoms with E-state index in [-0.39, 0.29) is 0 Å². The van der Waals surface area contributed by atoms with Crippen LogP contribution >= 0.6 is 0 Å². The molecule has 0 unspecified atom stereocenters. The predicted octanol–water partition coefficient (Wildman–Crippen LogP) is 1.73. The molecule has 7 heteroatoms. The first kappa shape index (κ1) is 17.9. The number of carbonyl (C=O) groups excluding carboxylic acids is 1. The number of aromatic nitrogens is 2. The van der Waals surface area contributed by atoms with Crippen molar-refractivity contribution >= 4 is 11.7 Å². The van der Waals surface area contributed by atoms with Crippen LogP contribution in [0.2, 0.25) is 0 Å². The van der Waals surface area contributed by atoms with Crippen molar-refractivity contribution in [2.24, 2.45) is 11.7 Å². The molecule has 0 bridgehead atoms. The van der Waals surface area contributed by atoms with Gasteiger partial charge in [-0.15, -0.1) is 0 Å². The van der Waals surface area contributed by atoms with Crippen molar-refractivity contribution in [3.05, 3.63) is 41.1 Å². The molecule has 1 aromatic carbocycles. The van der Waals surface area contributed by atoms with Gasteiger partial charge < -0.3 is 21.1 Å². The fourth-order valence-electron chi connectivity index (χ4n) is 3.62. The van der Waals surface area contributed by atoms with Gasteiger partial charge >= 0.3 is 0 Å². The van der Waals surface area contributed by atoms with Gasteiger partial charge in [0, 0.05) is 43.0 Å². The Kier molecular flexibility index (Phi) is 5.31. The molecular weight excluding hydrogens is 342 g/mol. The summed E-state index contributed by atoms with van der Waals surface area (Å²) in [4.78, 5) is 20.8. The molecule has 142 valence electrons. The highest BCUT2D eigenvalue weighted by Gasteiger charge is 2.19. The Morgan fingerprint density at radius 1 is 1.30 bits per heavy atom. The first-order valence-electron chi connectivity index (χ1n) is 9.53. The van der Waals surface area contributed by atoms with Crippen molar-refractivity contribution in [1.82, 2.24) is 15.3 Å². The molecular formula is C20H25N5O2. The minimum Gasteiger partial charge on any atom is -0.381 e. The number of nitrogens with zero attached hydrogens (tertiary/aromatic N) is 2. The van der Waals surface area contributed by atoms with E-state index in [1.54, 1.807) is 12.1 Å².